The molecule has 1 aromatic rings. The van der Waals surface area contributed by atoms with Crippen molar-refractivity contribution in [2.75, 3.05) is 0 Å². The van der Waals surface area contributed by atoms with E-state index in [9.17, 15) is 4.79 Å². The molecule has 0 saturated heterocycles. The van der Waals surface area contributed by atoms with Crippen molar-refractivity contribution in [2.24, 2.45) is 0 Å². The molecule has 0 spiro atoms. The number of Topliss-reactive ketones (excluding diaryl/α,β-unsaturated/α-hetero) is 1. The van der Waals surface area contributed by atoms with Gasteiger partial charge in [0.25, 0.3) is 0 Å². The molecule has 1 rings (SSSR count). The summed E-state index contributed by atoms with van der Waals surface area (Å²) in [6.45, 7) is 9.64. The fourth-order valence-corrected chi connectivity index (χ4v) is 1.19. The third-order valence-electron chi connectivity index (χ3n) is 1.84. The average molecular weight is 222 g/mol. The highest BCUT2D eigenvalue weighted by Crippen LogP contribution is 2.04. The van der Waals surface area contributed by atoms with Gasteiger partial charge in [0.15, 0.2) is 0 Å². The Bertz CT molecular complexity index is 239. The highest BCUT2D eigenvalue weighted by molar-refractivity contribution is 5.75. The van der Waals surface area contributed by atoms with Crippen LogP contribution in [0.3, 0.4) is 0 Å². The van der Waals surface area contributed by atoms with Crippen molar-refractivity contribution in [2.45, 2.75) is 53.9 Å². The van der Waals surface area contributed by atoms with E-state index >= 15 is 0 Å². The van der Waals surface area contributed by atoms with Crippen molar-refractivity contribution >= 4 is 5.78 Å². The van der Waals surface area contributed by atoms with Gasteiger partial charge in [0, 0.05) is 6.42 Å². The Labute approximate surface area is 101 Å². The normalized spacial score (nSPS) is 8.06. The zero-order valence-electron chi connectivity index (χ0n) is 11.4. The van der Waals surface area contributed by atoms with E-state index < -0.39 is 0 Å². The SMILES string of the molecule is CC.CC.CC(=O)CCCc1ccccc1. The smallest absolute Gasteiger partial charge is 0.129 e. The molecule has 0 atom stereocenters. The average Bonchev–Trinajstić information content (AvgIpc) is 2.35. The van der Waals surface area contributed by atoms with Crippen molar-refractivity contribution in [3.63, 3.8) is 0 Å². The molecule has 0 heterocycles. The van der Waals surface area contributed by atoms with Crippen LogP contribution in [0, 0.1) is 0 Å². The summed E-state index contributed by atoms with van der Waals surface area (Å²) < 4.78 is 0. The van der Waals surface area contributed by atoms with Crippen LogP contribution in [0.4, 0.5) is 0 Å². The molecule has 0 amide bonds. The van der Waals surface area contributed by atoms with E-state index in [1.165, 1.54) is 5.56 Å². The molecule has 92 valence electrons. The first-order chi connectivity index (χ1) is 7.79. The Kier molecular flexibility index (Phi) is 15.0. The summed E-state index contributed by atoms with van der Waals surface area (Å²) in [5.74, 6) is 0.283. The fourth-order valence-electron chi connectivity index (χ4n) is 1.19. The van der Waals surface area contributed by atoms with E-state index in [1.54, 1.807) is 6.92 Å². The molecule has 0 aliphatic heterocycles. The lowest BCUT2D eigenvalue weighted by Gasteiger charge is -1.98. The molecule has 0 bridgehead atoms. The van der Waals surface area contributed by atoms with Crippen LogP contribution in [0.15, 0.2) is 30.3 Å². The number of carbonyl (C=O) groups is 1. The summed E-state index contributed by atoms with van der Waals surface area (Å²) in [6.07, 6.45) is 2.69. The maximum atomic E-state index is 10.6. The van der Waals surface area contributed by atoms with E-state index in [0.717, 1.165) is 12.8 Å². The molecule has 16 heavy (non-hydrogen) atoms. The van der Waals surface area contributed by atoms with Gasteiger partial charge in [-0.2, -0.15) is 0 Å². The Balaban J connectivity index is 0. The van der Waals surface area contributed by atoms with Crippen molar-refractivity contribution in [3.05, 3.63) is 35.9 Å². The molecule has 0 aliphatic rings. The first-order valence-corrected chi connectivity index (χ1v) is 6.32. The molecular weight excluding hydrogens is 196 g/mol. The van der Waals surface area contributed by atoms with Crippen molar-refractivity contribution in [3.8, 4) is 0 Å². The van der Waals surface area contributed by atoms with Crippen LogP contribution in [0.1, 0.15) is 53.0 Å². The Morgan fingerprint density at radius 3 is 1.94 bits per heavy atom. The van der Waals surface area contributed by atoms with Crippen LogP contribution in [-0.4, -0.2) is 5.78 Å². The van der Waals surface area contributed by atoms with E-state index in [1.807, 2.05) is 45.9 Å². The number of benzene rings is 1. The second-order valence-corrected chi connectivity index (χ2v) is 3.04. The molecular formula is C15H26O. The summed E-state index contributed by atoms with van der Waals surface area (Å²) >= 11 is 0. The van der Waals surface area contributed by atoms with E-state index in [2.05, 4.69) is 12.1 Å². The fraction of sp³-hybridized carbons (Fsp3) is 0.533. The van der Waals surface area contributed by atoms with Crippen LogP contribution in [0.25, 0.3) is 0 Å². The van der Waals surface area contributed by atoms with Gasteiger partial charge in [0.2, 0.25) is 0 Å². The summed E-state index contributed by atoms with van der Waals surface area (Å²) in [4.78, 5) is 10.6. The molecule has 0 aliphatic carbocycles. The number of carbonyl (C=O) groups excluding carboxylic acids is 1. The number of hydrogen-bond donors (Lipinski definition) is 0. The van der Waals surface area contributed by atoms with Gasteiger partial charge in [-0.15, -0.1) is 0 Å². The van der Waals surface area contributed by atoms with Crippen molar-refractivity contribution in [1.29, 1.82) is 0 Å². The van der Waals surface area contributed by atoms with Crippen LogP contribution in [0.2, 0.25) is 0 Å². The predicted molar refractivity (Wildman–Crippen MR) is 72.8 cm³/mol. The first-order valence-electron chi connectivity index (χ1n) is 6.32. The minimum Gasteiger partial charge on any atom is -0.300 e. The molecule has 0 aromatic heterocycles. The molecule has 1 aromatic carbocycles. The molecule has 1 heteroatoms. The number of rotatable bonds is 4. The molecule has 1 nitrogen and oxygen atoms in total. The first kappa shape index (κ1) is 17.3. The predicted octanol–water partition coefficient (Wildman–Crippen LogP) is 4.65. The number of ketones is 1. The minimum atomic E-state index is 0.283. The molecule has 0 saturated carbocycles. The topological polar surface area (TPSA) is 17.1 Å². The Morgan fingerprint density at radius 1 is 1.00 bits per heavy atom. The van der Waals surface area contributed by atoms with Gasteiger partial charge in [0.05, 0.1) is 0 Å². The molecule has 0 radical (unpaired) electrons. The Morgan fingerprint density at radius 2 is 1.50 bits per heavy atom. The molecule has 0 unspecified atom stereocenters. The largest absolute Gasteiger partial charge is 0.300 e. The Hall–Kier alpha value is -1.11. The molecule has 0 N–H and O–H groups in total. The zero-order chi connectivity index (χ0) is 12.8. The van der Waals surface area contributed by atoms with Gasteiger partial charge in [-0.25, -0.2) is 0 Å². The number of aryl methyl sites for hydroxylation is 1. The van der Waals surface area contributed by atoms with Gasteiger partial charge in [0.1, 0.15) is 5.78 Å². The monoisotopic (exact) mass is 222 g/mol. The van der Waals surface area contributed by atoms with Crippen molar-refractivity contribution in [1.82, 2.24) is 0 Å². The highest BCUT2D eigenvalue weighted by atomic mass is 16.1. The quantitative estimate of drug-likeness (QED) is 0.724. The van der Waals surface area contributed by atoms with Crippen molar-refractivity contribution < 1.29 is 4.79 Å². The van der Waals surface area contributed by atoms with E-state index in [0.29, 0.717) is 6.42 Å². The maximum Gasteiger partial charge on any atom is 0.129 e. The van der Waals surface area contributed by atoms with E-state index in [-0.39, 0.29) is 5.78 Å². The lowest BCUT2D eigenvalue weighted by Crippen LogP contribution is -1.91. The standard InChI is InChI=1S/C11H14O.2C2H6/c1-10(12)6-5-9-11-7-3-2-4-8-11;2*1-2/h2-4,7-8H,5-6,9H2,1H3;2*1-2H3. The van der Waals surface area contributed by atoms with Gasteiger partial charge in [-0.05, 0) is 25.3 Å². The lowest BCUT2D eigenvalue weighted by molar-refractivity contribution is -0.117. The number of hydrogen-bond acceptors (Lipinski definition) is 1. The highest BCUT2D eigenvalue weighted by Gasteiger charge is 1.94. The van der Waals surface area contributed by atoms with E-state index in [4.69, 9.17) is 0 Å². The van der Waals surface area contributed by atoms with Crippen LogP contribution in [-0.2, 0) is 11.2 Å². The third kappa shape index (κ3) is 11.0. The second kappa shape index (κ2) is 13.9. The van der Waals surface area contributed by atoms with Gasteiger partial charge in [-0.1, -0.05) is 58.0 Å². The second-order valence-electron chi connectivity index (χ2n) is 3.04. The van der Waals surface area contributed by atoms with Crippen LogP contribution >= 0.6 is 0 Å². The molecule has 0 fully saturated rings. The summed E-state index contributed by atoms with van der Waals surface area (Å²) in [7, 11) is 0. The van der Waals surface area contributed by atoms with Gasteiger partial charge < -0.3 is 4.79 Å². The van der Waals surface area contributed by atoms with Gasteiger partial charge in [-0.3, -0.25) is 0 Å². The lowest BCUT2D eigenvalue weighted by atomic mass is 10.1. The van der Waals surface area contributed by atoms with Crippen LogP contribution < -0.4 is 0 Å². The maximum absolute atomic E-state index is 10.6. The zero-order valence-corrected chi connectivity index (χ0v) is 11.4. The van der Waals surface area contributed by atoms with Crippen LogP contribution in [0.5, 0.6) is 0 Å². The summed E-state index contributed by atoms with van der Waals surface area (Å²) in [5.41, 5.74) is 1.32. The third-order valence-corrected chi connectivity index (χ3v) is 1.84. The minimum absolute atomic E-state index is 0.283. The summed E-state index contributed by atoms with van der Waals surface area (Å²) in [6, 6.07) is 10.3. The summed E-state index contributed by atoms with van der Waals surface area (Å²) in [5, 5.41) is 0. The van der Waals surface area contributed by atoms with Gasteiger partial charge >= 0.3 is 0 Å².